The molecule has 0 aliphatic rings. The van der Waals surface area contributed by atoms with Crippen LogP contribution in [0.15, 0.2) is 407 Å². The first-order chi connectivity index (χ1) is 62.1. The summed E-state index contributed by atoms with van der Waals surface area (Å²) in [6.45, 7) is 6.83. The minimum Gasteiger partial charge on any atom is -0.344 e. The number of aryl methyl sites for hydroxylation is 1. The highest BCUT2D eigenvalue weighted by atomic mass is 15.0. The van der Waals surface area contributed by atoms with E-state index in [9.17, 15) is 0 Å². The highest BCUT2D eigenvalue weighted by molar-refractivity contribution is 6.27. The van der Waals surface area contributed by atoms with E-state index >= 15 is 0 Å². The summed E-state index contributed by atoms with van der Waals surface area (Å²) < 4.78 is 7.17. The molecule has 0 N–H and O–H groups in total. The summed E-state index contributed by atoms with van der Waals surface area (Å²) in [4.78, 5) is 28.3. The van der Waals surface area contributed by atoms with Gasteiger partial charge in [-0.25, -0.2) is 0 Å². The van der Waals surface area contributed by atoms with E-state index in [0.717, 1.165) is 65.4 Å². The van der Waals surface area contributed by atoms with Crippen molar-refractivity contribution in [3.63, 3.8) is 0 Å². The van der Waals surface area contributed by atoms with Crippen LogP contribution in [0.5, 0.6) is 0 Å². The highest BCUT2D eigenvalue weighted by Gasteiger charge is 2.25. The number of fused-ring (bicyclic) bond motifs is 28. The quantitative estimate of drug-likeness (QED) is 0.148. The monoisotopic (exact) mass is 1610 g/mol. The lowest BCUT2D eigenvalue weighted by atomic mass is 9.91. The molecule has 26 rings (SSSR count). The summed E-state index contributed by atoms with van der Waals surface area (Å²) in [6.07, 6.45) is 10.7. The second-order valence-corrected chi connectivity index (χ2v) is 34.0. The van der Waals surface area contributed by atoms with Gasteiger partial charge in [0.25, 0.3) is 0 Å². The number of hydrogen-bond donors (Lipinski definition) is 0. The Balaban J connectivity index is 0.000000106. The first kappa shape index (κ1) is 73.6. The zero-order chi connectivity index (χ0) is 83.8. The minimum atomic E-state index is -0.0246. The first-order valence-electron chi connectivity index (χ1n) is 43.1. The summed E-state index contributed by atoms with van der Waals surface area (Å²) in [5.41, 5.74) is 28.8. The van der Waals surface area contributed by atoms with Gasteiger partial charge >= 0.3 is 0 Å². The topological polar surface area (TPSA) is 92.1 Å². The third kappa shape index (κ3) is 11.9. The average molecular weight is 1610 g/mol. The molecule has 6 heterocycles. The van der Waals surface area contributed by atoms with Gasteiger partial charge in [0, 0.05) is 142 Å². The van der Waals surface area contributed by atoms with Crippen LogP contribution in [-0.2, 0) is 12.6 Å². The number of benzene rings is 20. The van der Waals surface area contributed by atoms with Gasteiger partial charge in [0.1, 0.15) is 0 Å². The van der Waals surface area contributed by atoms with Crippen LogP contribution in [0.2, 0.25) is 0 Å². The van der Waals surface area contributed by atoms with Crippen molar-refractivity contribution in [1.29, 1.82) is 0 Å². The molecule has 0 radical (unpaired) electrons. The molecule has 0 unspecified atom stereocenters. The average Bonchev–Trinajstić information content (AvgIpc) is 1.58. The van der Waals surface area contributed by atoms with E-state index in [1.165, 1.54) is 181 Å². The number of hydrogen-bond acceptors (Lipinski definition) is 6. The molecule has 26 aromatic rings. The Labute approximate surface area is 725 Å². The van der Waals surface area contributed by atoms with E-state index in [1.807, 2.05) is 0 Å². The van der Waals surface area contributed by atoms with Crippen LogP contribution in [0.1, 0.15) is 20.8 Å². The van der Waals surface area contributed by atoms with Gasteiger partial charge in [-0.1, -0.05) is 291 Å². The molecule has 9 heteroatoms. The zero-order valence-corrected chi connectivity index (χ0v) is 69.7. The Morgan fingerprint density at radius 2 is 0.437 bits per heavy atom. The summed E-state index contributed by atoms with van der Waals surface area (Å²) in [5, 5.41) is 24.1. The lowest BCUT2D eigenvalue weighted by molar-refractivity contribution is 0.423. The minimum absolute atomic E-state index is 0.0246. The highest BCUT2D eigenvalue weighted by Crippen LogP contribution is 2.47. The summed E-state index contributed by atoms with van der Waals surface area (Å²) in [7, 11) is 2.14. The third-order valence-corrected chi connectivity index (χ3v) is 25.9. The van der Waals surface area contributed by atoms with Gasteiger partial charge in [0.2, 0.25) is 0 Å². The summed E-state index contributed by atoms with van der Waals surface area (Å²) >= 11 is 0. The number of nitrogens with zero attached hydrogens (tertiary/aromatic N) is 9. The van der Waals surface area contributed by atoms with Crippen molar-refractivity contribution in [3.8, 4) is 72.4 Å². The molecule has 9 nitrogen and oxygen atoms in total. The largest absolute Gasteiger partial charge is 0.344 e. The fourth-order valence-electron chi connectivity index (χ4n) is 20.4. The van der Waals surface area contributed by atoms with Crippen LogP contribution in [0.3, 0.4) is 0 Å². The predicted octanol–water partition coefficient (Wildman–Crippen LogP) is 30.6. The van der Waals surface area contributed by atoms with E-state index in [0.29, 0.717) is 0 Å². The fraction of sp³-hybridized carbons (Fsp3) is 0.0427. The maximum absolute atomic E-state index is 4.76. The molecular formula is C117H79N9. The molecule has 126 heavy (non-hydrogen) atoms. The molecule has 0 saturated carbocycles. The predicted molar refractivity (Wildman–Crippen MR) is 530 cm³/mol. The molecule has 0 saturated heterocycles. The lowest BCUT2D eigenvalue weighted by Gasteiger charge is -2.24. The fourth-order valence-corrected chi connectivity index (χ4v) is 20.4. The van der Waals surface area contributed by atoms with Crippen LogP contribution in [-0.4, -0.2) is 43.6 Å². The van der Waals surface area contributed by atoms with Crippen molar-refractivity contribution >= 4 is 174 Å². The van der Waals surface area contributed by atoms with Crippen molar-refractivity contribution < 1.29 is 0 Å². The smallest absolute Gasteiger partial charge is 0.0971 e. The number of rotatable bonds is 7. The zero-order valence-electron chi connectivity index (χ0n) is 69.7. The van der Waals surface area contributed by atoms with Gasteiger partial charge < -0.3 is 13.7 Å². The molecule has 6 aromatic heterocycles. The van der Waals surface area contributed by atoms with Gasteiger partial charge in [-0.05, 0) is 204 Å². The molecule has 20 aromatic carbocycles. The summed E-state index contributed by atoms with van der Waals surface area (Å²) in [5.74, 6) is 0. The van der Waals surface area contributed by atoms with Gasteiger partial charge in [0.05, 0.1) is 49.8 Å². The Morgan fingerprint density at radius 3 is 0.841 bits per heavy atom. The molecule has 592 valence electrons. The van der Waals surface area contributed by atoms with Crippen molar-refractivity contribution in [2.45, 2.75) is 26.3 Å². The molecule has 0 bridgehead atoms. The SMILES string of the molecule is CC(C)(C)n1c2ccccc2c2cc(-c3ccccc3-c3ccc4c(c3)c3ccccc3c3nccnc43)ccc21.Cn1c2ccccc2c2cc(-c3ccccc3-c3ccc4c(c3)c3ccccc3c3nccnc43)ccc21.c1ccc(-c2ccc3c(c2)c2ccccc2n3-c2cccc3ccccc23)c(-c2ccc3c(c2)c2ccccc2c2nccnc32)c1. The van der Waals surface area contributed by atoms with E-state index in [1.54, 1.807) is 37.2 Å². The lowest BCUT2D eigenvalue weighted by Crippen LogP contribution is -2.21. The normalized spacial score (nSPS) is 12.0. The first-order valence-corrected chi connectivity index (χ1v) is 43.1. The van der Waals surface area contributed by atoms with E-state index in [2.05, 4.69) is 417 Å². The second kappa shape index (κ2) is 29.5. The number of para-hydroxylation sites is 3. The molecule has 0 spiro atoms. The van der Waals surface area contributed by atoms with Crippen LogP contribution in [0, 0.1) is 0 Å². The maximum Gasteiger partial charge on any atom is 0.0971 e. The van der Waals surface area contributed by atoms with Crippen molar-refractivity contribution in [3.05, 3.63) is 407 Å². The van der Waals surface area contributed by atoms with Crippen LogP contribution in [0.4, 0.5) is 0 Å². The van der Waals surface area contributed by atoms with E-state index in [4.69, 9.17) is 24.9 Å². The van der Waals surface area contributed by atoms with Crippen molar-refractivity contribution in [2.75, 3.05) is 0 Å². The van der Waals surface area contributed by atoms with Gasteiger partial charge in [-0.15, -0.1) is 0 Å². The molecule has 0 aliphatic carbocycles. The Morgan fingerprint density at radius 1 is 0.190 bits per heavy atom. The molecule has 0 fully saturated rings. The molecular weight excluding hydrogens is 1530 g/mol. The Hall–Kier alpha value is -16.4. The van der Waals surface area contributed by atoms with E-state index in [-0.39, 0.29) is 5.54 Å². The number of aromatic nitrogens is 9. The van der Waals surface area contributed by atoms with Crippen LogP contribution < -0.4 is 0 Å². The Bertz CT molecular complexity index is 8900. The van der Waals surface area contributed by atoms with Gasteiger partial charge in [-0.2, -0.15) is 0 Å². The molecule has 0 atom stereocenters. The third-order valence-electron chi connectivity index (χ3n) is 25.9. The van der Waals surface area contributed by atoms with Gasteiger partial charge in [-0.3, -0.25) is 29.9 Å². The maximum atomic E-state index is 4.76. The summed E-state index contributed by atoms with van der Waals surface area (Å²) in [6, 6.07) is 134. The van der Waals surface area contributed by atoms with Crippen molar-refractivity contribution in [1.82, 2.24) is 43.6 Å². The van der Waals surface area contributed by atoms with Crippen LogP contribution >= 0.6 is 0 Å². The second-order valence-electron chi connectivity index (χ2n) is 34.0. The molecule has 0 amide bonds. The van der Waals surface area contributed by atoms with Crippen LogP contribution in [0.25, 0.3) is 246 Å². The Kier molecular flexibility index (Phi) is 17.2. The van der Waals surface area contributed by atoms with E-state index < -0.39 is 0 Å². The standard InChI is InChI=1S/C44H27N3.C38H29N3.C35H23N3/c1-2-14-33-28(10-1)11-9-19-40(33)47-41-18-8-7-16-35(41)39-27-30(21-23-42(39)47)32-13-4-3-12-31(32)29-20-22-37-38(26-29)34-15-5-6-17-36(34)43-44(37)46-25-24-45-43;1-38(2,3)41-34-15-9-8-13-29(34)33-23-25(17-19-35(33)41)27-11-5-4-10-26(27)24-16-18-31-32(22-24)28-12-6-7-14-30(28)36-37(31)40-21-20-39-36;1-38-32-13-7-6-11-27(32)31-21-23(15-17-33(31)38)25-9-3-2-8-24(25)22-14-16-29-30(20-22)26-10-4-5-12-28(26)34-35(29)37-19-18-36-34/h1-27H;4-23H,1-3H3;2-21H,1H3. The van der Waals surface area contributed by atoms with Gasteiger partial charge in [0.15, 0.2) is 0 Å². The molecule has 0 aliphatic heterocycles. The van der Waals surface area contributed by atoms with Crippen molar-refractivity contribution in [2.24, 2.45) is 7.05 Å².